The average Bonchev–Trinajstić information content (AvgIpc) is 2.57. The number of alkyl halides is 3. The number of aryl methyl sites for hydroxylation is 1. The van der Waals surface area contributed by atoms with Gasteiger partial charge >= 0.3 is 15.5 Å². The fraction of sp³-hybridized carbons (Fsp3) is 0.500. The molecule has 0 saturated heterocycles. The number of rotatable bonds is 7. The number of hydrogen-bond acceptors (Lipinski definition) is 4. The second kappa shape index (κ2) is 11.0. The molecule has 1 N–H and O–H groups in total. The van der Waals surface area contributed by atoms with Gasteiger partial charge in [-0.3, -0.25) is 4.72 Å². The summed E-state index contributed by atoms with van der Waals surface area (Å²) >= 11 is 0. The van der Waals surface area contributed by atoms with Crippen molar-refractivity contribution in [3.8, 4) is 0 Å². The molecule has 9 heteroatoms. The Hall–Kier alpha value is -2.03. The molecular weight excluding hydrogens is 381 g/mol. The Balaban J connectivity index is 0.00000326. The predicted molar refractivity (Wildman–Crippen MR) is 103 cm³/mol. The number of nitrogens with one attached hydrogen (secondary N) is 1. The monoisotopic (exact) mass is 408 g/mol. The minimum Gasteiger partial charge on any atom is -0.391 e. The van der Waals surface area contributed by atoms with Crippen LogP contribution in [-0.4, -0.2) is 26.2 Å². The van der Waals surface area contributed by atoms with Crippen molar-refractivity contribution >= 4 is 21.4 Å². The van der Waals surface area contributed by atoms with Gasteiger partial charge in [0.05, 0.1) is 11.4 Å². The number of anilines is 1. The first-order valence-electron chi connectivity index (χ1n) is 8.50. The fourth-order valence-electron chi connectivity index (χ4n) is 1.81. The molecular formula is C18H27F3N2O3S. The Labute approximate surface area is 159 Å². The highest BCUT2D eigenvalue weighted by molar-refractivity contribution is 7.93. The van der Waals surface area contributed by atoms with Gasteiger partial charge in [-0.2, -0.15) is 21.6 Å². The number of halogens is 3. The Kier molecular flexibility index (Phi) is 10.1. The zero-order valence-corrected chi connectivity index (χ0v) is 17.3. The van der Waals surface area contributed by atoms with E-state index in [-0.39, 0.29) is 17.9 Å². The Morgan fingerprint density at radius 1 is 1.26 bits per heavy atom. The van der Waals surface area contributed by atoms with Crippen molar-refractivity contribution in [3.63, 3.8) is 0 Å². The molecule has 0 atom stereocenters. The lowest BCUT2D eigenvalue weighted by Crippen LogP contribution is -2.30. The lowest BCUT2D eigenvalue weighted by molar-refractivity contribution is -0.0429. The number of oxime groups is 1. The van der Waals surface area contributed by atoms with Crippen LogP contribution in [0.4, 0.5) is 18.9 Å². The number of allylic oxidation sites excluding steroid dienone is 1. The molecule has 0 spiro atoms. The molecule has 27 heavy (non-hydrogen) atoms. The van der Waals surface area contributed by atoms with Gasteiger partial charge in [-0.15, -0.1) is 0 Å². The van der Waals surface area contributed by atoms with E-state index >= 15 is 0 Å². The van der Waals surface area contributed by atoms with Crippen molar-refractivity contribution in [1.29, 1.82) is 0 Å². The standard InChI is InChI=1S/C16H21F3N2O3S.C2H6/c1-5-14(20-24-9-8-11(2)3)13-10-12(4)6-7-15(13)21-25(22,23)16(17,18)19;1-2/h6-8,10,21H,5,9H2,1-4H3;1-2H3/b20-14+;. The first-order chi connectivity index (χ1) is 12.5. The van der Waals surface area contributed by atoms with Gasteiger partial charge in [-0.1, -0.05) is 43.1 Å². The summed E-state index contributed by atoms with van der Waals surface area (Å²) in [6, 6.07) is 4.34. The number of hydrogen-bond donors (Lipinski definition) is 1. The normalized spacial score (nSPS) is 12.0. The third kappa shape index (κ3) is 8.03. The second-order valence-electron chi connectivity index (χ2n) is 5.57. The molecule has 0 bridgehead atoms. The molecule has 0 aliphatic heterocycles. The summed E-state index contributed by atoms with van der Waals surface area (Å²) < 4.78 is 62.2. The topological polar surface area (TPSA) is 67.8 Å². The predicted octanol–water partition coefficient (Wildman–Crippen LogP) is 5.38. The molecule has 0 aliphatic carbocycles. The zero-order chi connectivity index (χ0) is 21.3. The van der Waals surface area contributed by atoms with E-state index < -0.39 is 15.5 Å². The summed E-state index contributed by atoms with van der Waals surface area (Å²) in [6.07, 6.45) is 2.14. The highest BCUT2D eigenvalue weighted by atomic mass is 32.2. The average molecular weight is 408 g/mol. The van der Waals surface area contributed by atoms with Gasteiger partial charge in [0.15, 0.2) is 0 Å². The van der Waals surface area contributed by atoms with Crippen LogP contribution >= 0.6 is 0 Å². The zero-order valence-electron chi connectivity index (χ0n) is 16.4. The molecule has 0 fully saturated rings. The molecule has 0 aromatic heterocycles. The molecule has 0 radical (unpaired) electrons. The van der Waals surface area contributed by atoms with Crippen LogP contribution < -0.4 is 4.72 Å². The number of nitrogens with zero attached hydrogens (tertiary/aromatic N) is 1. The maximum Gasteiger partial charge on any atom is 0.516 e. The van der Waals surface area contributed by atoms with Crippen LogP contribution in [0, 0.1) is 6.92 Å². The van der Waals surface area contributed by atoms with Crippen LogP contribution in [-0.2, 0) is 14.9 Å². The van der Waals surface area contributed by atoms with Crippen molar-refractivity contribution in [3.05, 3.63) is 41.0 Å². The van der Waals surface area contributed by atoms with Crippen LogP contribution in [0.25, 0.3) is 0 Å². The smallest absolute Gasteiger partial charge is 0.391 e. The Morgan fingerprint density at radius 2 is 1.85 bits per heavy atom. The van der Waals surface area contributed by atoms with E-state index in [1.54, 1.807) is 30.7 Å². The van der Waals surface area contributed by atoms with Crippen LogP contribution in [0.3, 0.4) is 0 Å². The molecule has 0 heterocycles. The van der Waals surface area contributed by atoms with Gasteiger partial charge in [-0.05, 0) is 45.4 Å². The van der Waals surface area contributed by atoms with E-state index in [0.29, 0.717) is 12.1 Å². The van der Waals surface area contributed by atoms with Crippen LogP contribution in [0.2, 0.25) is 0 Å². The highest BCUT2D eigenvalue weighted by Gasteiger charge is 2.46. The van der Waals surface area contributed by atoms with Gasteiger partial charge in [0.1, 0.15) is 6.61 Å². The van der Waals surface area contributed by atoms with Crippen molar-refractivity contribution in [2.75, 3.05) is 11.3 Å². The number of benzene rings is 1. The quantitative estimate of drug-likeness (QED) is 0.285. The van der Waals surface area contributed by atoms with Gasteiger partial charge < -0.3 is 4.84 Å². The molecule has 0 saturated carbocycles. The highest BCUT2D eigenvalue weighted by Crippen LogP contribution is 2.28. The van der Waals surface area contributed by atoms with Crippen molar-refractivity contribution in [2.24, 2.45) is 5.16 Å². The third-order valence-electron chi connectivity index (χ3n) is 3.11. The van der Waals surface area contributed by atoms with Crippen molar-refractivity contribution < 1.29 is 26.4 Å². The van der Waals surface area contributed by atoms with Crippen LogP contribution in [0.5, 0.6) is 0 Å². The molecule has 154 valence electrons. The minimum atomic E-state index is -5.52. The fourth-order valence-corrected chi connectivity index (χ4v) is 2.40. The van der Waals surface area contributed by atoms with E-state index in [9.17, 15) is 21.6 Å². The van der Waals surface area contributed by atoms with E-state index in [1.165, 1.54) is 12.1 Å². The SMILES string of the molecule is CC.CC/C(=N\OCC=C(C)C)c1cc(C)ccc1NS(=O)(=O)C(F)(F)F. The van der Waals surface area contributed by atoms with E-state index in [4.69, 9.17) is 4.84 Å². The van der Waals surface area contributed by atoms with Crippen LogP contribution in [0.1, 0.15) is 52.2 Å². The molecule has 1 aromatic carbocycles. The minimum absolute atomic E-state index is 0.200. The van der Waals surface area contributed by atoms with Gasteiger partial charge in [-0.25, -0.2) is 0 Å². The summed E-state index contributed by atoms with van der Waals surface area (Å²) in [5.74, 6) is 0. The largest absolute Gasteiger partial charge is 0.516 e. The number of sulfonamides is 1. The lowest BCUT2D eigenvalue weighted by Gasteiger charge is -2.15. The Bertz CT molecular complexity index is 767. The van der Waals surface area contributed by atoms with Crippen molar-refractivity contribution in [2.45, 2.75) is 53.5 Å². The first kappa shape index (κ1) is 25.0. The van der Waals surface area contributed by atoms with E-state index in [1.807, 2.05) is 27.7 Å². The molecule has 0 unspecified atom stereocenters. The molecule has 5 nitrogen and oxygen atoms in total. The summed E-state index contributed by atoms with van der Waals surface area (Å²) in [4.78, 5) is 5.16. The van der Waals surface area contributed by atoms with Gasteiger partial charge in [0.25, 0.3) is 0 Å². The summed E-state index contributed by atoms with van der Waals surface area (Å²) in [5, 5.41) is 3.93. The third-order valence-corrected chi connectivity index (χ3v) is 4.21. The summed E-state index contributed by atoms with van der Waals surface area (Å²) in [7, 11) is -5.52. The Morgan fingerprint density at radius 3 is 2.33 bits per heavy atom. The van der Waals surface area contributed by atoms with Crippen LogP contribution in [0.15, 0.2) is 35.0 Å². The molecule has 1 rings (SSSR count). The lowest BCUT2D eigenvalue weighted by atomic mass is 10.0. The van der Waals surface area contributed by atoms with E-state index in [2.05, 4.69) is 5.16 Å². The van der Waals surface area contributed by atoms with Gasteiger partial charge in [0.2, 0.25) is 0 Å². The summed E-state index contributed by atoms with van der Waals surface area (Å²) in [5.41, 5.74) is -3.25. The van der Waals surface area contributed by atoms with Crippen molar-refractivity contribution in [1.82, 2.24) is 0 Å². The maximum absolute atomic E-state index is 12.6. The second-order valence-corrected chi connectivity index (χ2v) is 7.24. The summed E-state index contributed by atoms with van der Waals surface area (Å²) in [6.45, 7) is 11.5. The molecule has 0 amide bonds. The maximum atomic E-state index is 12.6. The first-order valence-corrected chi connectivity index (χ1v) is 9.98. The van der Waals surface area contributed by atoms with Gasteiger partial charge in [0, 0.05) is 5.56 Å². The molecule has 0 aliphatic rings. The molecule has 1 aromatic rings. The van der Waals surface area contributed by atoms with E-state index in [0.717, 1.165) is 11.1 Å².